The van der Waals surface area contributed by atoms with Gasteiger partial charge in [0.1, 0.15) is 12.2 Å². The van der Waals surface area contributed by atoms with Crippen molar-refractivity contribution in [2.24, 2.45) is 0 Å². The zero-order chi connectivity index (χ0) is 17.7. The molecule has 0 fully saturated rings. The van der Waals surface area contributed by atoms with Crippen LogP contribution in [-0.2, 0) is 28.5 Å². The summed E-state index contributed by atoms with van der Waals surface area (Å²) >= 11 is 0. The van der Waals surface area contributed by atoms with Crippen LogP contribution in [0.15, 0.2) is 0 Å². The normalized spacial score (nSPS) is 11.2. The van der Waals surface area contributed by atoms with Crippen molar-refractivity contribution < 1.29 is 33.3 Å². The second kappa shape index (κ2) is 12.1. The molecule has 0 saturated heterocycles. The second-order valence-corrected chi connectivity index (χ2v) is 5.76. The lowest BCUT2D eigenvalue weighted by Crippen LogP contribution is -2.36. The zero-order valence-electron chi connectivity index (χ0n) is 14.8. The first kappa shape index (κ1) is 21.6. The number of likely N-dealkylation sites (N-methyl/N-ethyl adjacent to an activating group) is 1. The number of hydrogen-bond acceptors (Lipinski definition) is 7. The Kier molecular flexibility index (Phi) is 11.4. The van der Waals surface area contributed by atoms with Crippen LogP contribution in [0.4, 0.5) is 4.79 Å². The van der Waals surface area contributed by atoms with E-state index in [0.29, 0.717) is 39.6 Å². The highest BCUT2D eigenvalue weighted by Crippen LogP contribution is 2.08. The maximum absolute atomic E-state index is 11.7. The van der Waals surface area contributed by atoms with Crippen LogP contribution < -0.4 is 0 Å². The van der Waals surface area contributed by atoms with Gasteiger partial charge in [-0.25, -0.2) is 9.59 Å². The van der Waals surface area contributed by atoms with Crippen molar-refractivity contribution in [3.63, 3.8) is 0 Å². The van der Waals surface area contributed by atoms with E-state index in [9.17, 15) is 9.59 Å². The van der Waals surface area contributed by atoms with Crippen LogP contribution >= 0.6 is 0 Å². The molecule has 0 aromatic carbocycles. The number of esters is 1. The summed E-state index contributed by atoms with van der Waals surface area (Å²) in [6, 6.07) is 0. The molecule has 8 heteroatoms. The van der Waals surface area contributed by atoms with E-state index in [1.54, 1.807) is 7.05 Å². The monoisotopic (exact) mass is 335 g/mol. The predicted octanol–water partition coefficient (Wildman–Crippen LogP) is 1.08. The molecule has 0 radical (unpaired) electrons. The third kappa shape index (κ3) is 14.0. The van der Waals surface area contributed by atoms with Gasteiger partial charge in [-0.2, -0.15) is 0 Å². The topological polar surface area (TPSA) is 83.5 Å². The minimum Gasteiger partial charge on any atom is -0.467 e. The molecule has 8 nitrogen and oxygen atoms in total. The number of carbonyl (C=O) groups is 2. The number of carbonyl (C=O) groups excluding carboxylic acids is 2. The fourth-order valence-electron chi connectivity index (χ4n) is 1.29. The van der Waals surface area contributed by atoms with Gasteiger partial charge in [-0.3, -0.25) is 0 Å². The molecule has 0 heterocycles. The van der Waals surface area contributed by atoms with E-state index >= 15 is 0 Å². The van der Waals surface area contributed by atoms with E-state index in [-0.39, 0.29) is 12.7 Å². The number of rotatable bonds is 11. The molecule has 0 bridgehead atoms. The van der Waals surface area contributed by atoms with Crippen LogP contribution in [0.2, 0.25) is 0 Å². The molecule has 0 spiro atoms. The summed E-state index contributed by atoms with van der Waals surface area (Å²) in [5, 5.41) is 0. The van der Waals surface area contributed by atoms with Gasteiger partial charge in [-0.1, -0.05) is 0 Å². The Morgan fingerprint density at radius 3 is 1.96 bits per heavy atom. The highest BCUT2D eigenvalue weighted by Gasteiger charge is 2.19. The lowest BCUT2D eigenvalue weighted by Gasteiger charge is -2.24. The molecule has 136 valence electrons. The van der Waals surface area contributed by atoms with Crippen molar-refractivity contribution in [3.8, 4) is 0 Å². The molecule has 0 N–H and O–H groups in total. The number of ether oxygens (including phenoxy) is 5. The maximum Gasteiger partial charge on any atom is 0.410 e. The molecular weight excluding hydrogens is 306 g/mol. The van der Waals surface area contributed by atoms with Crippen molar-refractivity contribution >= 4 is 12.1 Å². The van der Waals surface area contributed by atoms with E-state index in [1.165, 1.54) is 12.0 Å². The molecule has 0 aliphatic rings. The fraction of sp³-hybridized carbons (Fsp3) is 0.867. The quantitative estimate of drug-likeness (QED) is 0.412. The van der Waals surface area contributed by atoms with Gasteiger partial charge in [0, 0.05) is 13.6 Å². The summed E-state index contributed by atoms with van der Waals surface area (Å²) in [7, 11) is 2.96. The number of hydrogen-bond donors (Lipinski definition) is 0. The van der Waals surface area contributed by atoms with E-state index in [0.717, 1.165) is 0 Å². The average Bonchev–Trinajstić information content (AvgIpc) is 2.46. The molecule has 0 aromatic heterocycles. The molecular formula is C15H29NO7. The van der Waals surface area contributed by atoms with Gasteiger partial charge in [-0.05, 0) is 20.8 Å². The summed E-state index contributed by atoms with van der Waals surface area (Å²) in [6.45, 7) is 7.75. The minimum absolute atomic E-state index is 0.0760. The van der Waals surface area contributed by atoms with Crippen LogP contribution in [0.25, 0.3) is 0 Å². The third-order valence-corrected chi connectivity index (χ3v) is 2.47. The van der Waals surface area contributed by atoms with E-state index in [2.05, 4.69) is 4.74 Å². The van der Waals surface area contributed by atoms with Gasteiger partial charge in [0.2, 0.25) is 0 Å². The van der Waals surface area contributed by atoms with Gasteiger partial charge < -0.3 is 28.6 Å². The maximum atomic E-state index is 11.7. The Balaban J connectivity index is 3.42. The van der Waals surface area contributed by atoms with E-state index in [4.69, 9.17) is 18.9 Å². The standard InChI is InChI=1S/C15H29NO7/c1-15(2,3)23-14(18)16(4)6-7-20-8-9-21-10-11-22-12-13(17)19-5/h6-12H2,1-5H3. The predicted molar refractivity (Wildman–Crippen MR) is 83.3 cm³/mol. The summed E-state index contributed by atoms with van der Waals surface area (Å²) < 4.78 is 25.3. The van der Waals surface area contributed by atoms with Gasteiger partial charge in [0.25, 0.3) is 0 Å². The summed E-state index contributed by atoms with van der Waals surface area (Å²) in [6.07, 6.45) is -0.375. The van der Waals surface area contributed by atoms with Crippen LogP contribution in [0.3, 0.4) is 0 Å². The van der Waals surface area contributed by atoms with Crippen LogP contribution in [0, 0.1) is 0 Å². The highest BCUT2D eigenvalue weighted by atomic mass is 16.6. The molecule has 0 aliphatic carbocycles. The summed E-state index contributed by atoms with van der Waals surface area (Å²) in [5.74, 6) is -0.414. The Bertz CT molecular complexity index is 341. The minimum atomic E-state index is -0.504. The first-order valence-corrected chi connectivity index (χ1v) is 7.50. The Morgan fingerprint density at radius 2 is 1.43 bits per heavy atom. The molecule has 23 heavy (non-hydrogen) atoms. The zero-order valence-corrected chi connectivity index (χ0v) is 14.8. The van der Waals surface area contributed by atoms with Crippen molar-refractivity contribution in [1.29, 1.82) is 0 Å². The molecule has 1 amide bonds. The van der Waals surface area contributed by atoms with Gasteiger partial charge in [0.05, 0.1) is 40.1 Å². The molecule has 0 aliphatic heterocycles. The first-order valence-electron chi connectivity index (χ1n) is 7.50. The Labute approximate surface area is 137 Å². The lowest BCUT2D eigenvalue weighted by atomic mass is 10.2. The first-order chi connectivity index (χ1) is 10.8. The second-order valence-electron chi connectivity index (χ2n) is 5.76. The Morgan fingerprint density at radius 1 is 0.913 bits per heavy atom. The van der Waals surface area contributed by atoms with Gasteiger partial charge in [-0.15, -0.1) is 0 Å². The largest absolute Gasteiger partial charge is 0.467 e. The van der Waals surface area contributed by atoms with E-state index in [1.807, 2.05) is 20.8 Å². The lowest BCUT2D eigenvalue weighted by molar-refractivity contribution is -0.146. The van der Waals surface area contributed by atoms with Crippen molar-refractivity contribution in [2.45, 2.75) is 26.4 Å². The van der Waals surface area contributed by atoms with Crippen LogP contribution in [0.5, 0.6) is 0 Å². The van der Waals surface area contributed by atoms with Crippen molar-refractivity contribution in [3.05, 3.63) is 0 Å². The van der Waals surface area contributed by atoms with Gasteiger partial charge >= 0.3 is 12.1 Å². The van der Waals surface area contributed by atoms with Crippen molar-refractivity contribution in [2.75, 3.05) is 60.3 Å². The Hall–Kier alpha value is -1.38. The molecule has 0 saturated carbocycles. The van der Waals surface area contributed by atoms with Crippen molar-refractivity contribution in [1.82, 2.24) is 4.90 Å². The third-order valence-electron chi connectivity index (χ3n) is 2.47. The summed E-state index contributed by atoms with van der Waals surface area (Å²) in [5.41, 5.74) is -0.504. The van der Waals surface area contributed by atoms with Crippen LogP contribution in [-0.4, -0.2) is 82.9 Å². The number of amides is 1. The highest BCUT2D eigenvalue weighted by molar-refractivity contribution is 5.70. The molecule has 0 unspecified atom stereocenters. The molecule has 0 rings (SSSR count). The number of nitrogens with zero attached hydrogens (tertiary/aromatic N) is 1. The molecule has 0 aromatic rings. The smallest absolute Gasteiger partial charge is 0.410 e. The van der Waals surface area contributed by atoms with E-state index < -0.39 is 11.6 Å². The average molecular weight is 335 g/mol. The molecule has 0 atom stereocenters. The summed E-state index contributed by atoms with van der Waals surface area (Å²) in [4.78, 5) is 23.9. The number of methoxy groups -OCH3 is 1. The van der Waals surface area contributed by atoms with Crippen LogP contribution in [0.1, 0.15) is 20.8 Å². The SMILES string of the molecule is COC(=O)COCCOCCOCCN(C)C(=O)OC(C)(C)C. The van der Waals surface area contributed by atoms with Gasteiger partial charge in [0.15, 0.2) is 0 Å². The fourth-order valence-corrected chi connectivity index (χ4v) is 1.29.